The first-order chi connectivity index (χ1) is 6.83. The molecule has 0 aromatic carbocycles. The van der Waals surface area contributed by atoms with Crippen LogP contribution in [0.4, 0.5) is 0 Å². The van der Waals surface area contributed by atoms with E-state index < -0.39 is 0 Å². The lowest BCUT2D eigenvalue weighted by Crippen LogP contribution is -2.35. The summed E-state index contributed by atoms with van der Waals surface area (Å²) in [5.74, 6) is 0. The molecule has 0 saturated carbocycles. The van der Waals surface area contributed by atoms with Crippen molar-refractivity contribution < 1.29 is 9.47 Å². The molecule has 3 rings (SSSR count). The fourth-order valence-electron chi connectivity index (χ4n) is 1.28. The third-order valence-corrected chi connectivity index (χ3v) is 7.78. The number of rotatable bonds is 0. The van der Waals surface area contributed by atoms with Gasteiger partial charge in [0.15, 0.2) is 0 Å². The summed E-state index contributed by atoms with van der Waals surface area (Å²) in [7, 11) is 0. The van der Waals surface area contributed by atoms with Crippen LogP contribution in [0.25, 0.3) is 0 Å². The second-order valence-corrected chi connectivity index (χ2v) is 8.70. The van der Waals surface area contributed by atoms with E-state index in [1.54, 1.807) is 46.2 Å². The molecule has 0 N–H and O–H groups in total. The molecule has 1 aromatic rings. The third kappa shape index (κ3) is 1.79. The van der Waals surface area contributed by atoms with Crippen LogP contribution in [0.5, 0.6) is 0 Å². The maximum Gasteiger partial charge on any atom is 0.145 e. The number of ether oxygens (including phenoxy) is 2. The zero-order valence-electron chi connectivity index (χ0n) is 6.93. The van der Waals surface area contributed by atoms with Crippen molar-refractivity contribution in [1.29, 1.82) is 0 Å². The van der Waals surface area contributed by atoms with E-state index in [4.69, 9.17) is 21.7 Å². The summed E-state index contributed by atoms with van der Waals surface area (Å²) < 4.78 is 14.9. The fraction of sp³-hybridized carbons (Fsp3) is 0.571. The van der Waals surface area contributed by atoms with Gasteiger partial charge in [0.1, 0.15) is 14.0 Å². The lowest BCUT2D eigenvalue weighted by atomic mass is 10.6. The van der Waals surface area contributed by atoms with Crippen molar-refractivity contribution in [1.82, 2.24) is 0 Å². The zero-order valence-corrected chi connectivity index (χ0v) is 11.0. The summed E-state index contributed by atoms with van der Waals surface area (Å²) in [5.41, 5.74) is 0.308. The number of thioether (sulfide) groups is 2. The van der Waals surface area contributed by atoms with E-state index in [0.29, 0.717) is 13.2 Å². The molecule has 0 amide bonds. The number of hydrogen-bond acceptors (Lipinski definition) is 7. The van der Waals surface area contributed by atoms with Crippen LogP contribution in [-0.4, -0.2) is 24.1 Å². The van der Waals surface area contributed by atoms with Crippen molar-refractivity contribution in [2.45, 2.75) is 19.3 Å². The van der Waals surface area contributed by atoms with Crippen LogP contribution in [-0.2, 0) is 9.47 Å². The molecule has 3 heterocycles. The van der Waals surface area contributed by atoms with Gasteiger partial charge in [-0.1, -0.05) is 35.7 Å². The Morgan fingerprint density at radius 3 is 2.00 bits per heavy atom. The molecule has 0 bridgehead atoms. The lowest BCUT2D eigenvalue weighted by molar-refractivity contribution is -0.0667. The summed E-state index contributed by atoms with van der Waals surface area (Å²) in [6.07, 6.45) is 0. The second-order valence-electron chi connectivity index (χ2n) is 2.74. The van der Waals surface area contributed by atoms with E-state index in [-0.39, 0.29) is 10.9 Å². The Hall–Kier alpha value is 0.890. The minimum atomic E-state index is 0.154. The Bertz CT molecular complexity index is 363. The van der Waals surface area contributed by atoms with Crippen molar-refractivity contribution >= 4 is 58.4 Å². The molecule has 2 atom stereocenters. The molecule has 0 radical (unpaired) electrons. The quantitative estimate of drug-likeness (QED) is 0.677. The first-order valence-electron chi connectivity index (χ1n) is 4.03. The smallest absolute Gasteiger partial charge is 0.145 e. The Labute approximate surface area is 103 Å². The van der Waals surface area contributed by atoms with Crippen LogP contribution in [0.15, 0.2) is 8.42 Å². The molecule has 1 aromatic heterocycles. The van der Waals surface area contributed by atoms with Gasteiger partial charge in [-0.3, -0.25) is 0 Å². The number of fused-ring (bicyclic) bond motifs is 2. The highest BCUT2D eigenvalue weighted by Gasteiger charge is 2.35. The van der Waals surface area contributed by atoms with E-state index in [1.165, 1.54) is 8.42 Å². The maximum absolute atomic E-state index is 5.64. The van der Waals surface area contributed by atoms with E-state index in [1.807, 2.05) is 0 Å². The summed E-state index contributed by atoms with van der Waals surface area (Å²) in [6, 6.07) is 0. The summed E-state index contributed by atoms with van der Waals surface area (Å²) in [5, 5.41) is 0. The molecule has 0 aliphatic carbocycles. The molecule has 0 spiro atoms. The molecular weight excluding hydrogens is 276 g/mol. The van der Waals surface area contributed by atoms with E-state index in [2.05, 4.69) is 0 Å². The average Bonchev–Trinajstić information content (AvgIpc) is 2.53. The Morgan fingerprint density at radius 2 is 1.50 bits per heavy atom. The van der Waals surface area contributed by atoms with E-state index in [0.717, 1.165) is 3.14 Å². The Kier molecular flexibility index (Phi) is 2.91. The SMILES string of the molecule is S=c1sc2c(s1)SC1OCCOC1S2. The van der Waals surface area contributed by atoms with Crippen molar-refractivity contribution in [2.75, 3.05) is 13.2 Å². The molecule has 1 saturated heterocycles. The van der Waals surface area contributed by atoms with Gasteiger partial charge < -0.3 is 9.47 Å². The minimum Gasteiger partial charge on any atom is -0.361 e. The highest BCUT2D eigenvalue weighted by molar-refractivity contribution is 8.09. The van der Waals surface area contributed by atoms with Crippen molar-refractivity contribution in [3.63, 3.8) is 0 Å². The molecule has 2 aliphatic heterocycles. The van der Waals surface area contributed by atoms with Gasteiger partial charge in [0.25, 0.3) is 0 Å². The monoisotopic (exact) mass is 282 g/mol. The first-order valence-corrected chi connectivity index (χ1v) is 7.83. The largest absolute Gasteiger partial charge is 0.361 e. The van der Waals surface area contributed by atoms with Crippen molar-refractivity contribution in [3.8, 4) is 0 Å². The predicted octanol–water partition coefficient (Wildman–Crippen LogP) is 3.44. The molecule has 2 nitrogen and oxygen atoms in total. The molecular formula is C7H6O2S5. The van der Waals surface area contributed by atoms with Crippen LogP contribution in [0.2, 0.25) is 0 Å². The highest BCUT2D eigenvalue weighted by atomic mass is 32.2. The van der Waals surface area contributed by atoms with Crippen molar-refractivity contribution in [2.24, 2.45) is 0 Å². The van der Waals surface area contributed by atoms with E-state index in [9.17, 15) is 0 Å². The van der Waals surface area contributed by atoms with Gasteiger partial charge in [0.2, 0.25) is 0 Å². The van der Waals surface area contributed by atoms with Crippen LogP contribution >= 0.6 is 58.4 Å². The Balaban J connectivity index is 1.94. The van der Waals surface area contributed by atoms with Crippen LogP contribution in [0, 0.1) is 3.14 Å². The van der Waals surface area contributed by atoms with Gasteiger partial charge >= 0.3 is 0 Å². The van der Waals surface area contributed by atoms with Gasteiger partial charge in [0.05, 0.1) is 21.6 Å². The normalized spacial score (nSPS) is 30.9. The third-order valence-electron chi connectivity index (χ3n) is 1.83. The van der Waals surface area contributed by atoms with Gasteiger partial charge in [0, 0.05) is 0 Å². The molecule has 76 valence electrons. The molecule has 14 heavy (non-hydrogen) atoms. The fourth-order valence-corrected chi connectivity index (χ4v) is 7.73. The van der Waals surface area contributed by atoms with Gasteiger partial charge in [-0.15, -0.1) is 22.7 Å². The number of hydrogen-bond donors (Lipinski definition) is 0. The summed E-state index contributed by atoms with van der Waals surface area (Å²) >= 11 is 12.1. The van der Waals surface area contributed by atoms with Gasteiger partial charge in [-0.25, -0.2) is 0 Å². The zero-order chi connectivity index (χ0) is 9.54. The summed E-state index contributed by atoms with van der Waals surface area (Å²) in [6.45, 7) is 1.42. The van der Waals surface area contributed by atoms with Crippen molar-refractivity contribution in [3.05, 3.63) is 3.14 Å². The first kappa shape index (κ1) is 10.1. The van der Waals surface area contributed by atoms with Gasteiger partial charge in [-0.2, -0.15) is 0 Å². The molecule has 7 heteroatoms. The van der Waals surface area contributed by atoms with Crippen LogP contribution < -0.4 is 0 Å². The van der Waals surface area contributed by atoms with E-state index >= 15 is 0 Å². The topological polar surface area (TPSA) is 18.5 Å². The van der Waals surface area contributed by atoms with Crippen LogP contribution in [0.3, 0.4) is 0 Å². The van der Waals surface area contributed by atoms with Gasteiger partial charge in [-0.05, 0) is 0 Å². The summed E-state index contributed by atoms with van der Waals surface area (Å²) in [4.78, 5) is 0. The van der Waals surface area contributed by atoms with Crippen LogP contribution in [0.1, 0.15) is 0 Å². The lowest BCUT2D eigenvalue weighted by Gasteiger charge is -2.33. The standard InChI is InChI=1S/C7H6O2S5/c10-7-13-5-6(14-7)12-4-3(11-5)8-1-2-9-4/h3-4H,1-2H2. The minimum absolute atomic E-state index is 0.154. The Morgan fingerprint density at radius 1 is 1.00 bits per heavy atom. The second kappa shape index (κ2) is 4.04. The molecule has 1 fully saturated rings. The maximum atomic E-state index is 5.64. The molecule has 2 unspecified atom stereocenters. The molecule has 2 aliphatic rings. The highest BCUT2D eigenvalue weighted by Crippen LogP contribution is 2.51. The predicted molar refractivity (Wildman–Crippen MR) is 64.2 cm³/mol. The average molecular weight is 282 g/mol.